The standard InChI is InChI=1S/C23H29N5O2/c1-24-23(25-14-16-10-11-20(29-4)21(12-16)30-5)26-15-17-13-22(28(2)3)27-19-9-7-6-8-18(17)19/h6-13H,14-15H2,1-5H3,(H2,24,25,26). The summed E-state index contributed by atoms with van der Waals surface area (Å²) < 4.78 is 10.7. The number of aromatic nitrogens is 1. The maximum absolute atomic E-state index is 5.38. The fraction of sp³-hybridized carbons (Fsp3) is 0.304. The van der Waals surface area contributed by atoms with E-state index in [1.165, 1.54) is 5.56 Å². The lowest BCUT2D eigenvalue weighted by Gasteiger charge is -2.17. The number of para-hydroxylation sites is 1. The van der Waals surface area contributed by atoms with Crippen molar-refractivity contribution >= 4 is 22.7 Å². The molecule has 7 heteroatoms. The number of benzene rings is 2. The number of methoxy groups -OCH3 is 2. The SMILES string of the molecule is CN=C(NCc1ccc(OC)c(OC)c1)NCc1cc(N(C)C)nc2ccccc12. The van der Waals surface area contributed by atoms with Crippen LogP contribution >= 0.6 is 0 Å². The number of pyridine rings is 1. The van der Waals surface area contributed by atoms with Crippen molar-refractivity contribution in [1.29, 1.82) is 0 Å². The van der Waals surface area contributed by atoms with Crippen molar-refractivity contribution in [2.45, 2.75) is 13.1 Å². The van der Waals surface area contributed by atoms with Gasteiger partial charge in [-0.25, -0.2) is 4.98 Å². The number of guanidine groups is 1. The molecule has 1 aromatic heterocycles. The summed E-state index contributed by atoms with van der Waals surface area (Å²) in [5.74, 6) is 3.07. The zero-order valence-corrected chi connectivity index (χ0v) is 18.2. The third-order valence-electron chi connectivity index (χ3n) is 4.82. The predicted octanol–water partition coefficient (Wildman–Crippen LogP) is 3.18. The second kappa shape index (κ2) is 9.82. The van der Waals surface area contributed by atoms with Gasteiger partial charge in [0.2, 0.25) is 0 Å². The Balaban J connectivity index is 1.70. The maximum atomic E-state index is 5.38. The summed E-state index contributed by atoms with van der Waals surface area (Å²) in [6, 6.07) is 16.1. The van der Waals surface area contributed by atoms with Crippen LogP contribution in [0.15, 0.2) is 53.5 Å². The van der Waals surface area contributed by atoms with E-state index in [1.54, 1.807) is 21.3 Å². The number of nitrogens with zero attached hydrogens (tertiary/aromatic N) is 3. The Kier molecular flexibility index (Phi) is 6.95. The van der Waals surface area contributed by atoms with Crippen molar-refractivity contribution in [1.82, 2.24) is 15.6 Å². The largest absolute Gasteiger partial charge is 0.493 e. The van der Waals surface area contributed by atoms with Crippen molar-refractivity contribution in [3.05, 3.63) is 59.7 Å². The molecule has 158 valence electrons. The van der Waals surface area contributed by atoms with Crippen LogP contribution in [-0.2, 0) is 13.1 Å². The molecule has 0 aliphatic heterocycles. The number of hydrogen-bond donors (Lipinski definition) is 2. The molecule has 0 bridgehead atoms. The van der Waals surface area contributed by atoms with Crippen molar-refractivity contribution < 1.29 is 9.47 Å². The van der Waals surface area contributed by atoms with E-state index in [2.05, 4.69) is 27.8 Å². The molecule has 0 aliphatic rings. The van der Waals surface area contributed by atoms with Gasteiger partial charge in [0.05, 0.1) is 19.7 Å². The van der Waals surface area contributed by atoms with Crippen LogP contribution in [0.2, 0.25) is 0 Å². The van der Waals surface area contributed by atoms with Crippen LogP contribution in [0, 0.1) is 0 Å². The Morgan fingerprint density at radius 2 is 1.70 bits per heavy atom. The highest BCUT2D eigenvalue weighted by Crippen LogP contribution is 2.27. The van der Waals surface area contributed by atoms with E-state index in [0.717, 1.165) is 28.2 Å². The van der Waals surface area contributed by atoms with Gasteiger partial charge in [0.1, 0.15) is 5.82 Å². The highest BCUT2D eigenvalue weighted by Gasteiger charge is 2.09. The van der Waals surface area contributed by atoms with E-state index in [1.807, 2.05) is 55.4 Å². The van der Waals surface area contributed by atoms with Crippen LogP contribution < -0.4 is 25.0 Å². The highest BCUT2D eigenvalue weighted by molar-refractivity contribution is 5.85. The molecule has 2 aromatic carbocycles. The molecule has 0 aliphatic carbocycles. The van der Waals surface area contributed by atoms with Gasteiger partial charge in [-0.05, 0) is 35.4 Å². The molecule has 7 nitrogen and oxygen atoms in total. The van der Waals surface area contributed by atoms with Crippen LogP contribution in [0.3, 0.4) is 0 Å². The number of aliphatic imine (C=N–C) groups is 1. The Morgan fingerprint density at radius 3 is 2.40 bits per heavy atom. The summed E-state index contributed by atoms with van der Waals surface area (Å²) >= 11 is 0. The molecule has 0 atom stereocenters. The first kappa shape index (κ1) is 21.2. The molecule has 0 unspecified atom stereocenters. The summed E-state index contributed by atoms with van der Waals surface area (Å²) in [6.45, 7) is 1.25. The van der Waals surface area contributed by atoms with E-state index in [4.69, 9.17) is 14.5 Å². The van der Waals surface area contributed by atoms with E-state index in [-0.39, 0.29) is 0 Å². The van der Waals surface area contributed by atoms with Gasteiger partial charge < -0.3 is 25.0 Å². The number of nitrogens with one attached hydrogen (secondary N) is 2. The van der Waals surface area contributed by atoms with Crippen molar-refractivity contribution in [2.75, 3.05) is 40.3 Å². The number of anilines is 1. The van der Waals surface area contributed by atoms with Crippen molar-refractivity contribution in [3.63, 3.8) is 0 Å². The summed E-state index contributed by atoms with van der Waals surface area (Å²) in [5.41, 5.74) is 3.21. The van der Waals surface area contributed by atoms with Gasteiger partial charge in [-0.3, -0.25) is 4.99 Å². The lowest BCUT2D eigenvalue weighted by molar-refractivity contribution is 0.354. The van der Waals surface area contributed by atoms with Gasteiger partial charge >= 0.3 is 0 Å². The Hall–Kier alpha value is -3.48. The van der Waals surface area contributed by atoms with E-state index >= 15 is 0 Å². The number of ether oxygens (including phenoxy) is 2. The molecule has 0 amide bonds. The van der Waals surface area contributed by atoms with Crippen LogP contribution in [0.25, 0.3) is 10.9 Å². The predicted molar refractivity (Wildman–Crippen MR) is 123 cm³/mol. The molecular weight excluding hydrogens is 378 g/mol. The number of fused-ring (bicyclic) bond motifs is 1. The molecule has 0 saturated heterocycles. The first-order valence-electron chi connectivity index (χ1n) is 9.77. The Bertz CT molecular complexity index is 1030. The molecule has 3 aromatic rings. The molecule has 0 spiro atoms. The van der Waals surface area contributed by atoms with Gasteiger partial charge in [-0.15, -0.1) is 0 Å². The lowest BCUT2D eigenvalue weighted by Crippen LogP contribution is -2.36. The summed E-state index contributed by atoms with van der Waals surface area (Å²) in [7, 11) is 9.03. The molecule has 0 saturated carbocycles. The quantitative estimate of drug-likeness (QED) is 0.463. The third-order valence-corrected chi connectivity index (χ3v) is 4.82. The topological polar surface area (TPSA) is 71.0 Å². The summed E-state index contributed by atoms with van der Waals surface area (Å²) in [4.78, 5) is 11.1. The minimum atomic E-state index is 0.611. The van der Waals surface area contributed by atoms with E-state index in [0.29, 0.717) is 24.6 Å². The summed E-state index contributed by atoms with van der Waals surface area (Å²) in [5, 5.41) is 7.88. The monoisotopic (exact) mass is 407 g/mol. The minimum absolute atomic E-state index is 0.611. The van der Waals surface area contributed by atoms with Gasteiger partial charge in [0, 0.05) is 39.6 Å². The molecular formula is C23H29N5O2. The van der Waals surface area contributed by atoms with E-state index < -0.39 is 0 Å². The van der Waals surface area contributed by atoms with Gasteiger partial charge in [0.15, 0.2) is 17.5 Å². The Labute approximate surface area is 177 Å². The highest BCUT2D eigenvalue weighted by atomic mass is 16.5. The minimum Gasteiger partial charge on any atom is -0.493 e. The van der Waals surface area contributed by atoms with Crippen LogP contribution in [0.4, 0.5) is 5.82 Å². The number of hydrogen-bond acceptors (Lipinski definition) is 5. The first-order valence-corrected chi connectivity index (χ1v) is 9.77. The molecule has 1 heterocycles. The fourth-order valence-corrected chi connectivity index (χ4v) is 3.18. The maximum Gasteiger partial charge on any atom is 0.191 e. The van der Waals surface area contributed by atoms with Crippen molar-refractivity contribution in [2.24, 2.45) is 4.99 Å². The van der Waals surface area contributed by atoms with Gasteiger partial charge in [-0.2, -0.15) is 0 Å². The smallest absolute Gasteiger partial charge is 0.191 e. The van der Waals surface area contributed by atoms with Gasteiger partial charge in [0.25, 0.3) is 0 Å². The second-order valence-corrected chi connectivity index (χ2v) is 7.02. The fourth-order valence-electron chi connectivity index (χ4n) is 3.18. The Morgan fingerprint density at radius 1 is 0.967 bits per heavy atom. The first-order chi connectivity index (χ1) is 14.5. The van der Waals surface area contributed by atoms with Gasteiger partial charge in [-0.1, -0.05) is 24.3 Å². The average molecular weight is 408 g/mol. The van der Waals surface area contributed by atoms with E-state index in [9.17, 15) is 0 Å². The normalized spacial score (nSPS) is 11.3. The van der Waals surface area contributed by atoms with Crippen LogP contribution in [0.5, 0.6) is 11.5 Å². The van der Waals surface area contributed by atoms with Crippen molar-refractivity contribution in [3.8, 4) is 11.5 Å². The number of rotatable bonds is 7. The molecule has 0 radical (unpaired) electrons. The zero-order chi connectivity index (χ0) is 21.5. The average Bonchev–Trinajstić information content (AvgIpc) is 2.78. The lowest BCUT2D eigenvalue weighted by atomic mass is 10.1. The zero-order valence-electron chi connectivity index (χ0n) is 18.2. The molecule has 0 fully saturated rings. The van der Waals surface area contributed by atoms with Crippen LogP contribution in [-0.4, -0.2) is 46.3 Å². The molecule has 30 heavy (non-hydrogen) atoms. The molecule has 2 N–H and O–H groups in total. The van der Waals surface area contributed by atoms with Crippen LogP contribution in [0.1, 0.15) is 11.1 Å². The summed E-state index contributed by atoms with van der Waals surface area (Å²) in [6.07, 6.45) is 0. The third kappa shape index (κ3) is 4.92. The molecule has 3 rings (SSSR count). The second-order valence-electron chi connectivity index (χ2n) is 7.02.